The Hall–Kier alpha value is -3.21. The zero-order valence-corrected chi connectivity index (χ0v) is 21.7. The molecule has 2 heterocycles. The molecular weight excluding hydrogens is 453 g/mol. The first-order valence-corrected chi connectivity index (χ1v) is 14.6. The van der Waals surface area contributed by atoms with Gasteiger partial charge in [-0.25, -0.2) is 9.97 Å². The van der Waals surface area contributed by atoms with Crippen molar-refractivity contribution in [2.75, 3.05) is 56.8 Å². The van der Waals surface area contributed by atoms with Crippen molar-refractivity contribution in [2.45, 2.75) is 6.92 Å². The zero-order chi connectivity index (χ0) is 24.6. The number of aromatic nitrogens is 2. The fourth-order valence-corrected chi connectivity index (χ4v) is 5.48. The van der Waals surface area contributed by atoms with Crippen LogP contribution >= 0.6 is 7.14 Å². The van der Waals surface area contributed by atoms with Gasteiger partial charge in [0.05, 0.1) is 5.52 Å². The van der Waals surface area contributed by atoms with Gasteiger partial charge in [-0.1, -0.05) is 42.5 Å². The van der Waals surface area contributed by atoms with E-state index in [1.807, 2.05) is 42.6 Å². The number of nitrogens with zero attached hydrogens (tertiary/aromatic N) is 4. The monoisotopic (exact) mass is 485 g/mol. The predicted octanol–water partition coefficient (Wildman–Crippen LogP) is 5.35. The lowest BCUT2D eigenvalue weighted by Gasteiger charge is -2.35. The third-order valence-corrected chi connectivity index (χ3v) is 8.25. The molecule has 7 heteroatoms. The molecule has 1 N–H and O–H groups in total. The molecule has 0 unspecified atom stereocenters. The number of piperazine rings is 1. The van der Waals surface area contributed by atoms with Crippen molar-refractivity contribution >= 4 is 40.7 Å². The molecule has 0 saturated carbocycles. The largest absolute Gasteiger partial charge is 0.369 e. The predicted molar refractivity (Wildman–Crippen MR) is 148 cm³/mol. The summed E-state index contributed by atoms with van der Waals surface area (Å²) >= 11 is 0. The average Bonchev–Trinajstić information content (AvgIpc) is 2.84. The Morgan fingerprint density at radius 3 is 2.37 bits per heavy atom. The molecule has 180 valence electrons. The molecule has 0 amide bonds. The van der Waals surface area contributed by atoms with Crippen molar-refractivity contribution in [3.8, 4) is 11.1 Å². The molecule has 3 aromatic carbocycles. The number of hydrogen-bond acceptors (Lipinski definition) is 6. The minimum atomic E-state index is -2.28. The number of benzene rings is 3. The van der Waals surface area contributed by atoms with E-state index in [9.17, 15) is 4.57 Å². The summed E-state index contributed by atoms with van der Waals surface area (Å²) in [7, 11) is -0.109. The Balaban J connectivity index is 1.42. The Kier molecular flexibility index (Phi) is 6.35. The highest BCUT2D eigenvalue weighted by Crippen LogP contribution is 2.36. The van der Waals surface area contributed by atoms with E-state index >= 15 is 0 Å². The number of anilines is 3. The van der Waals surface area contributed by atoms with Gasteiger partial charge < -0.3 is 19.7 Å². The molecule has 1 aliphatic rings. The van der Waals surface area contributed by atoms with Crippen molar-refractivity contribution in [3.05, 3.63) is 72.4 Å². The maximum Gasteiger partial charge on any atom is 0.227 e. The number of nitrogens with one attached hydrogen (secondary N) is 1. The van der Waals surface area contributed by atoms with E-state index in [1.165, 1.54) is 11.3 Å². The van der Waals surface area contributed by atoms with Crippen LogP contribution in [0.25, 0.3) is 22.0 Å². The van der Waals surface area contributed by atoms with Gasteiger partial charge in [0.15, 0.2) is 0 Å². The summed E-state index contributed by atoms with van der Waals surface area (Å²) in [4.78, 5) is 14.3. The summed E-state index contributed by atoms with van der Waals surface area (Å²) in [6.07, 6.45) is 1.86. The number of hydrogen-bond donors (Lipinski definition) is 1. The molecule has 5 rings (SSSR count). The van der Waals surface area contributed by atoms with Gasteiger partial charge in [0.2, 0.25) is 5.95 Å². The van der Waals surface area contributed by atoms with Gasteiger partial charge in [-0.2, -0.15) is 0 Å². The van der Waals surface area contributed by atoms with Crippen LogP contribution in [-0.4, -0.2) is 61.4 Å². The number of likely N-dealkylation sites (N-methyl/N-ethyl adjacent to an activating group) is 1. The summed E-state index contributed by atoms with van der Waals surface area (Å²) in [5.74, 6) is 0.569. The fourth-order valence-electron chi connectivity index (χ4n) is 4.61. The maximum atomic E-state index is 12.4. The summed E-state index contributed by atoms with van der Waals surface area (Å²) < 4.78 is 12.4. The third-order valence-electron chi connectivity index (χ3n) is 6.71. The van der Waals surface area contributed by atoms with E-state index < -0.39 is 7.14 Å². The molecule has 1 aromatic heterocycles. The van der Waals surface area contributed by atoms with Gasteiger partial charge >= 0.3 is 0 Å². The van der Waals surface area contributed by atoms with Gasteiger partial charge in [0.1, 0.15) is 7.14 Å². The summed E-state index contributed by atoms with van der Waals surface area (Å²) in [5, 5.41) is 5.26. The van der Waals surface area contributed by atoms with Crippen LogP contribution in [0.3, 0.4) is 0 Å². The van der Waals surface area contributed by atoms with Crippen molar-refractivity contribution < 1.29 is 4.57 Å². The van der Waals surface area contributed by atoms with Crippen LogP contribution in [-0.2, 0) is 4.57 Å². The van der Waals surface area contributed by atoms with Crippen LogP contribution in [0.2, 0.25) is 0 Å². The molecule has 6 nitrogen and oxygen atoms in total. The minimum absolute atomic E-state index is 0.569. The topological polar surface area (TPSA) is 61.4 Å². The number of rotatable bonds is 5. The molecule has 1 fully saturated rings. The second-order valence-corrected chi connectivity index (χ2v) is 13.0. The Morgan fingerprint density at radius 1 is 0.943 bits per heavy atom. The van der Waals surface area contributed by atoms with Crippen LogP contribution in [0.1, 0.15) is 5.56 Å². The first-order chi connectivity index (χ1) is 16.8. The number of para-hydroxylation sites is 1. The SMILES string of the molecule is Cc1cc(Nc2ncc3cccc(-c4ccc(P(C)(C)=O)cc4)c3n2)ccc1N1CCN(C)CC1. The average molecular weight is 486 g/mol. The van der Waals surface area contributed by atoms with Crippen molar-refractivity contribution in [1.29, 1.82) is 0 Å². The molecule has 0 bridgehead atoms. The molecule has 35 heavy (non-hydrogen) atoms. The molecule has 0 spiro atoms. The highest BCUT2D eigenvalue weighted by Gasteiger charge is 2.16. The van der Waals surface area contributed by atoms with Crippen LogP contribution in [0.5, 0.6) is 0 Å². The zero-order valence-electron chi connectivity index (χ0n) is 20.8. The fraction of sp³-hybridized carbons (Fsp3) is 0.286. The minimum Gasteiger partial charge on any atom is -0.369 e. The smallest absolute Gasteiger partial charge is 0.227 e. The molecule has 4 aromatic rings. The van der Waals surface area contributed by atoms with Crippen LogP contribution in [0, 0.1) is 6.92 Å². The lowest BCUT2D eigenvalue weighted by molar-refractivity contribution is 0.312. The highest BCUT2D eigenvalue weighted by atomic mass is 31.2. The molecule has 0 atom stereocenters. The second kappa shape index (κ2) is 9.44. The van der Waals surface area contributed by atoms with E-state index in [0.29, 0.717) is 5.95 Å². The van der Waals surface area contributed by atoms with Gasteiger partial charge in [0.25, 0.3) is 0 Å². The molecular formula is C28H32N5OP. The Morgan fingerprint density at radius 2 is 1.69 bits per heavy atom. The van der Waals surface area contributed by atoms with Gasteiger partial charge in [-0.05, 0) is 56.6 Å². The quantitative estimate of drug-likeness (QED) is 0.385. The maximum absolute atomic E-state index is 12.4. The van der Waals surface area contributed by atoms with Gasteiger partial charge in [-0.15, -0.1) is 0 Å². The van der Waals surface area contributed by atoms with Gasteiger partial charge in [0, 0.05) is 60.0 Å². The second-order valence-electron chi connectivity index (χ2n) is 9.75. The standard InChI is InChI=1S/C28H32N5OP/c1-20-18-23(10-13-26(20)33-16-14-32(2)15-17-33)30-28-29-19-22-6-5-7-25(27(22)31-28)21-8-11-24(12-9-21)35(3,4)34/h5-13,18-19H,14-17H2,1-4H3,(H,29,30,31). The summed E-state index contributed by atoms with van der Waals surface area (Å²) in [6.45, 7) is 10.0. The lowest BCUT2D eigenvalue weighted by Crippen LogP contribution is -2.44. The van der Waals surface area contributed by atoms with E-state index in [1.54, 1.807) is 13.3 Å². The normalized spacial score (nSPS) is 14.9. The van der Waals surface area contributed by atoms with Crippen LogP contribution < -0.4 is 15.5 Å². The van der Waals surface area contributed by atoms with Crippen molar-refractivity contribution in [1.82, 2.24) is 14.9 Å². The van der Waals surface area contributed by atoms with Crippen molar-refractivity contribution in [3.63, 3.8) is 0 Å². The third kappa shape index (κ3) is 5.09. The first kappa shape index (κ1) is 23.5. The lowest BCUT2D eigenvalue weighted by atomic mass is 10.0. The van der Waals surface area contributed by atoms with Crippen LogP contribution in [0.15, 0.2) is 66.9 Å². The number of fused-ring (bicyclic) bond motifs is 1. The van der Waals surface area contributed by atoms with E-state index in [0.717, 1.165) is 59.2 Å². The Bertz CT molecular complexity index is 1410. The van der Waals surface area contributed by atoms with Crippen molar-refractivity contribution in [2.24, 2.45) is 0 Å². The molecule has 0 radical (unpaired) electrons. The van der Waals surface area contributed by atoms with E-state index in [-0.39, 0.29) is 0 Å². The summed E-state index contributed by atoms with van der Waals surface area (Å²) in [5.41, 5.74) is 6.47. The van der Waals surface area contributed by atoms with Crippen LogP contribution in [0.4, 0.5) is 17.3 Å². The van der Waals surface area contributed by atoms with E-state index in [4.69, 9.17) is 4.98 Å². The Labute approximate surface area is 207 Å². The first-order valence-electron chi connectivity index (χ1n) is 12.0. The molecule has 1 saturated heterocycles. The van der Waals surface area contributed by atoms with E-state index in [2.05, 4.69) is 58.3 Å². The molecule has 0 aliphatic carbocycles. The molecule has 1 aliphatic heterocycles. The highest BCUT2D eigenvalue weighted by molar-refractivity contribution is 7.70. The number of aryl methyl sites for hydroxylation is 1. The summed E-state index contributed by atoms with van der Waals surface area (Å²) in [6, 6.07) is 20.5. The van der Waals surface area contributed by atoms with Gasteiger partial charge in [-0.3, -0.25) is 0 Å².